The molecule has 0 aliphatic heterocycles. The van der Waals surface area contributed by atoms with E-state index in [9.17, 15) is 17.6 Å². The Morgan fingerprint density at radius 3 is 2.23 bits per heavy atom. The number of halogens is 5. The van der Waals surface area contributed by atoms with Crippen molar-refractivity contribution in [2.45, 2.75) is 23.7 Å². The van der Waals surface area contributed by atoms with E-state index in [4.69, 9.17) is 15.2 Å². The first-order chi connectivity index (χ1) is 9.85. The van der Waals surface area contributed by atoms with E-state index in [0.29, 0.717) is 41.1 Å². The van der Waals surface area contributed by atoms with Crippen LogP contribution >= 0.6 is 24.2 Å². The van der Waals surface area contributed by atoms with Gasteiger partial charge in [0.1, 0.15) is 11.5 Å². The van der Waals surface area contributed by atoms with Crippen LogP contribution in [-0.4, -0.2) is 38.9 Å². The van der Waals surface area contributed by atoms with Crippen LogP contribution in [0.15, 0.2) is 17.0 Å². The lowest BCUT2D eigenvalue weighted by Gasteiger charge is -2.17. The second-order valence-electron chi connectivity index (χ2n) is 4.20. The summed E-state index contributed by atoms with van der Waals surface area (Å²) in [7, 11) is 2.81. The van der Waals surface area contributed by atoms with Crippen molar-refractivity contribution in [2.24, 2.45) is 5.73 Å². The lowest BCUT2D eigenvalue weighted by Crippen LogP contribution is -2.29. The fourth-order valence-corrected chi connectivity index (χ4v) is 2.58. The SMILES string of the molecule is COc1cc(SCC(F)(F)C(F)F)c(OC)cc1CCN.Cl. The van der Waals surface area contributed by atoms with Crippen LogP contribution in [0, 0.1) is 0 Å². The van der Waals surface area contributed by atoms with Crippen molar-refractivity contribution >= 4 is 24.2 Å². The van der Waals surface area contributed by atoms with E-state index < -0.39 is 18.1 Å². The van der Waals surface area contributed by atoms with Crippen LogP contribution in [0.25, 0.3) is 0 Å². The first-order valence-corrected chi connectivity index (χ1v) is 7.08. The summed E-state index contributed by atoms with van der Waals surface area (Å²) in [6.45, 7) is 0.384. The molecule has 1 rings (SSSR count). The smallest absolute Gasteiger partial charge is 0.316 e. The van der Waals surface area contributed by atoms with E-state index >= 15 is 0 Å². The Morgan fingerprint density at radius 2 is 1.77 bits per heavy atom. The zero-order chi connectivity index (χ0) is 16.0. The minimum Gasteiger partial charge on any atom is -0.496 e. The number of methoxy groups -OCH3 is 2. The quantitative estimate of drug-likeness (QED) is 0.566. The maximum absolute atomic E-state index is 13.0. The molecule has 0 bridgehead atoms. The van der Waals surface area contributed by atoms with Crippen molar-refractivity contribution in [3.05, 3.63) is 17.7 Å². The van der Waals surface area contributed by atoms with Gasteiger partial charge in [-0.2, -0.15) is 8.78 Å². The van der Waals surface area contributed by atoms with Gasteiger partial charge >= 0.3 is 12.3 Å². The highest BCUT2D eigenvalue weighted by Gasteiger charge is 2.40. The molecule has 9 heteroatoms. The number of hydrogen-bond donors (Lipinski definition) is 1. The highest BCUT2D eigenvalue weighted by molar-refractivity contribution is 7.99. The Balaban J connectivity index is 0.00000441. The molecule has 1 aromatic carbocycles. The van der Waals surface area contributed by atoms with Gasteiger partial charge in [-0.1, -0.05) is 0 Å². The molecular formula is C13H18ClF4NO2S. The molecule has 0 aliphatic rings. The van der Waals surface area contributed by atoms with E-state index in [1.807, 2.05) is 0 Å². The highest BCUT2D eigenvalue weighted by atomic mass is 35.5. The lowest BCUT2D eigenvalue weighted by atomic mass is 10.1. The second-order valence-corrected chi connectivity index (χ2v) is 5.22. The monoisotopic (exact) mass is 363 g/mol. The van der Waals surface area contributed by atoms with Crippen LogP contribution in [0.3, 0.4) is 0 Å². The average molecular weight is 364 g/mol. The van der Waals surface area contributed by atoms with Crippen LogP contribution in [-0.2, 0) is 6.42 Å². The molecule has 0 aromatic heterocycles. The Morgan fingerprint density at radius 1 is 1.18 bits per heavy atom. The maximum atomic E-state index is 13.0. The summed E-state index contributed by atoms with van der Waals surface area (Å²) in [6.07, 6.45) is -3.17. The molecule has 3 nitrogen and oxygen atoms in total. The van der Waals surface area contributed by atoms with Crippen molar-refractivity contribution in [1.82, 2.24) is 0 Å². The summed E-state index contributed by atoms with van der Waals surface area (Å²) in [6, 6.07) is 3.12. The fourth-order valence-electron chi connectivity index (χ4n) is 1.63. The molecule has 0 aliphatic carbocycles. The number of thioether (sulfide) groups is 1. The highest BCUT2D eigenvalue weighted by Crippen LogP contribution is 2.39. The van der Waals surface area contributed by atoms with E-state index in [0.717, 1.165) is 5.56 Å². The number of benzene rings is 1. The number of alkyl halides is 4. The van der Waals surface area contributed by atoms with Crippen molar-refractivity contribution in [2.75, 3.05) is 26.5 Å². The molecule has 2 N–H and O–H groups in total. The summed E-state index contributed by atoms with van der Waals surface area (Å²) < 4.78 is 60.6. The lowest BCUT2D eigenvalue weighted by molar-refractivity contribution is -0.109. The molecule has 0 saturated heterocycles. The number of rotatable bonds is 8. The van der Waals surface area contributed by atoms with Gasteiger partial charge < -0.3 is 15.2 Å². The van der Waals surface area contributed by atoms with Gasteiger partial charge in [-0.15, -0.1) is 24.2 Å². The van der Waals surface area contributed by atoms with Gasteiger partial charge in [0, 0.05) is 0 Å². The minimum atomic E-state index is -4.06. The van der Waals surface area contributed by atoms with Crippen LogP contribution in [0.4, 0.5) is 17.6 Å². The number of nitrogens with two attached hydrogens (primary N) is 1. The first-order valence-electron chi connectivity index (χ1n) is 6.09. The molecule has 0 amide bonds. The Bertz CT molecular complexity index is 478. The molecule has 0 saturated carbocycles. The topological polar surface area (TPSA) is 44.5 Å². The van der Waals surface area contributed by atoms with Gasteiger partial charge in [-0.05, 0) is 30.7 Å². The van der Waals surface area contributed by atoms with E-state index in [1.54, 1.807) is 6.07 Å². The maximum Gasteiger partial charge on any atom is 0.316 e. The molecular weight excluding hydrogens is 346 g/mol. The van der Waals surface area contributed by atoms with Gasteiger partial charge in [0.2, 0.25) is 0 Å². The predicted octanol–water partition coefficient (Wildman–Crippen LogP) is 3.62. The molecule has 0 atom stereocenters. The van der Waals surface area contributed by atoms with Gasteiger partial charge in [-0.3, -0.25) is 0 Å². The standard InChI is InChI=1S/C13H17F4NO2S.ClH/c1-19-9-6-11(21-7-13(16,17)12(14)15)10(20-2)5-8(9)3-4-18;/h5-6,12H,3-4,7,18H2,1-2H3;1H. The van der Waals surface area contributed by atoms with Crippen LogP contribution < -0.4 is 15.2 Å². The Hall–Kier alpha value is -0.860. The number of hydrogen-bond acceptors (Lipinski definition) is 4. The van der Waals surface area contributed by atoms with Crippen LogP contribution in [0.5, 0.6) is 11.5 Å². The third-order valence-electron chi connectivity index (χ3n) is 2.72. The number of ether oxygens (including phenoxy) is 2. The van der Waals surface area contributed by atoms with E-state index in [2.05, 4.69) is 0 Å². The molecule has 128 valence electrons. The van der Waals surface area contributed by atoms with Crippen molar-refractivity contribution in [3.8, 4) is 11.5 Å². The molecule has 1 aromatic rings. The predicted molar refractivity (Wildman–Crippen MR) is 81.2 cm³/mol. The van der Waals surface area contributed by atoms with Crippen LogP contribution in [0.1, 0.15) is 5.56 Å². The minimum absolute atomic E-state index is 0. The summed E-state index contributed by atoms with van der Waals surface area (Å²) in [5.41, 5.74) is 6.24. The average Bonchev–Trinajstić information content (AvgIpc) is 2.45. The normalized spacial score (nSPS) is 11.3. The van der Waals surface area contributed by atoms with Crippen LogP contribution in [0.2, 0.25) is 0 Å². The van der Waals surface area contributed by atoms with Crippen molar-refractivity contribution in [3.63, 3.8) is 0 Å². The molecule has 0 radical (unpaired) electrons. The van der Waals surface area contributed by atoms with Gasteiger partial charge in [0.25, 0.3) is 0 Å². The summed E-state index contributed by atoms with van der Waals surface area (Å²) in [5.74, 6) is -4.31. The Labute approximate surface area is 136 Å². The summed E-state index contributed by atoms with van der Waals surface area (Å²) in [4.78, 5) is 0.315. The Kier molecular flexibility index (Phi) is 8.95. The third-order valence-corrected chi connectivity index (χ3v) is 3.88. The zero-order valence-electron chi connectivity index (χ0n) is 12.1. The first kappa shape index (κ1) is 21.1. The molecule has 22 heavy (non-hydrogen) atoms. The van der Waals surface area contributed by atoms with Gasteiger partial charge in [0.15, 0.2) is 0 Å². The molecule has 0 heterocycles. The molecule has 0 spiro atoms. The molecule has 0 fully saturated rings. The largest absolute Gasteiger partial charge is 0.496 e. The fraction of sp³-hybridized carbons (Fsp3) is 0.538. The molecule has 0 unspecified atom stereocenters. The van der Waals surface area contributed by atoms with E-state index in [1.165, 1.54) is 20.3 Å². The zero-order valence-corrected chi connectivity index (χ0v) is 13.7. The van der Waals surface area contributed by atoms with Gasteiger partial charge in [0.05, 0.1) is 24.9 Å². The second kappa shape index (κ2) is 9.32. The summed E-state index contributed by atoms with van der Waals surface area (Å²) >= 11 is 0.597. The van der Waals surface area contributed by atoms with Crippen molar-refractivity contribution in [1.29, 1.82) is 0 Å². The third kappa shape index (κ3) is 5.40. The van der Waals surface area contributed by atoms with E-state index in [-0.39, 0.29) is 12.4 Å². The van der Waals surface area contributed by atoms with Crippen molar-refractivity contribution < 1.29 is 27.0 Å². The summed E-state index contributed by atoms with van der Waals surface area (Å²) in [5, 5.41) is 0. The van der Waals surface area contributed by atoms with Gasteiger partial charge in [-0.25, -0.2) is 8.78 Å².